The summed E-state index contributed by atoms with van der Waals surface area (Å²) >= 11 is 0. The molecule has 1 atom stereocenters. The Labute approximate surface area is 86.6 Å². The van der Waals surface area contributed by atoms with E-state index in [4.69, 9.17) is 0 Å². The predicted octanol–water partition coefficient (Wildman–Crippen LogP) is -0.631. The molecule has 0 aliphatic carbocycles. The Kier molecular flexibility index (Phi) is 2.47. The molecule has 2 N–H and O–H groups in total. The van der Waals surface area contributed by atoms with Crippen LogP contribution >= 0.6 is 0 Å². The Balaban J connectivity index is 2.05. The summed E-state index contributed by atoms with van der Waals surface area (Å²) in [4.78, 5) is 10.7. The lowest BCUT2D eigenvalue weighted by molar-refractivity contribution is 0.602. The lowest BCUT2D eigenvalue weighted by Gasteiger charge is -2.09. The Hall–Kier alpha value is -1.37. The molecule has 0 aromatic carbocycles. The average molecular weight is 229 g/mol. The smallest absolute Gasteiger partial charge is 0.264 e. The van der Waals surface area contributed by atoms with E-state index < -0.39 is 9.84 Å². The highest BCUT2D eigenvalue weighted by Crippen LogP contribution is 2.14. The Morgan fingerprint density at radius 3 is 2.80 bits per heavy atom. The van der Waals surface area contributed by atoms with Gasteiger partial charge in [0.05, 0.1) is 11.5 Å². The van der Waals surface area contributed by atoms with Crippen molar-refractivity contribution in [3.05, 3.63) is 22.5 Å². The van der Waals surface area contributed by atoms with Gasteiger partial charge < -0.3 is 5.32 Å². The zero-order valence-electron chi connectivity index (χ0n) is 7.93. The highest BCUT2D eigenvalue weighted by Gasteiger charge is 2.27. The lowest BCUT2D eigenvalue weighted by atomic mass is 10.2. The van der Waals surface area contributed by atoms with Crippen LogP contribution in [0.5, 0.6) is 0 Å². The van der Waals surface area contributed by atoms with Crippen molar-refractivity contribution in [3.8, 4) is 0 Å². The van der Waals surface area contributed by atoms with E-state index in [0.29, 0.717) is 12.2 Å². The van der Waals surface area contributed by atoms with E-state index in [-0.39, 0.29) is 23.1 Å². The molecule has 1 aromatic rings. The Bertz CT molecular complexity index is 488. The summed E-state index contributed by atoms with van der Waals surface area (Å²) < 4.78 is 22.3. The van der Waals surface area contributed by atoms with Gasteiger partial charge >= 0.3 is 0 Å². The number of aromatic nitrogens is 2. The molecule has 1 fully saturated rings. The predicted molar refractivity (Wildman–Crippen MR) is 55.5 cm³/mol. The van der Waals surface area contributed by atoms with Crippen LogP contribution in [0.1, 0.15) is 6.42 Å². The van der Waals surface area contributed by atoms with Gasteiger partial charge in [-0.15, -0.1) is 0 Å². The van der Waals surface area contributed by atoms with Crippen LogP contribution in [0.4, 0.5) is 5.82 Å². The molecule has 1 aliphatic heterocycles. The van der Waals surface area contributed by atoms with Crippen LogP contribution in [0.25, 0.3) is 0 Å². The molecule has 82 valence electrons. The molecule has 15 heavy (non-hydrogen) atoms. The van der Waals surface area contributed by atoms with Crippen molar-refractivity contribution in [2.24, 2.45) is 0 Å². The number of hydrogen-bond donors (Lipinski definition) is 2. The molecular formula is C8H11N3O3S. The monoisotopic (exact) mass is 229 g/mol. The van der Waals surface area contributed by atoms with Gasteiger partial charge in [0.2, 0.25) is 0 Å². The topological polar surface area (TPSA) is 91.9 Å². The fourth-order valence-corrected chi connectivity index (χ4v) is 3.22. The molecule has 0 spiro atoms. The first kappa shape index (κ1) is 10.2. The standard InChI is InChI=1S/C8H11N3O3S/c12-8-2-1-7(10-11-8)9-6-3-4-15(13,14)5-6/h1-2,6H,3-5H2,(H,9,10)(H,11,12)/t6-/m1/s1. The largest absolute Gasteiger partial charge is 0.365 e. The minimum Gasteiger partial charge on any atom is -0.365 e. The molecule has 0 bridgehead atoms. The first-order valence-corrected chi connectivity index (χ1v) is 6.40. The van der Waals surface area contributed by atoms with Crippen LogP contribution in [0.15, 0.2) is 16.9 Å². The summed E-state index contributed by atoms with van der Waals surface area (Å²) in [5, 5.41) is 8.99. The van der Waals surface area contributed by atoms with E-state index in [0.717, 1.165) is 0 Å². The van der Waals surface area contributed by atoms with Gasteiger partial charge in [0.15, 0.2) is 9.84 Å². The maximum absolute atomic E-state index is 11.2. The molecule has 1 aromatic heterocycles. The molecule has 2 heterocycles. The van der Waals surface area contributed by atoms with Crippen molar-refractivity contribution in [3.63, 3.8) is 0 Å². The highest BCUT2D eigenvalue weighted by molar-refractivity contribution is 7.91. The van der Waals surface area contributed by atoms with Gasteiger partial charge in [-0.05, 0) is 12.5 Å². The maximum atomic E-state index is 11.2. The second kappa shape index (κ2) is 3.65. The number of H-pyrrole nitrogens is 1. The van der Waals surface area contributed by atoms with Crippen molar-refractivity contribution in [1.82, 2.24) is 10.2 Å². The van der Waals surface area contributed by atoms with Gasteiger partial charge in [-0.3, -0.25) is 4.79 Å². The van der Waals surface area contributed by atoms with Crippen LogP contribution in [0.3, 0.4) is 0 Å². The number of hydrogen-bond acceptors (Lipinski definition) is 5. The van der Waals surface area contributed by atoms with Gasteiger partial charge in [0, 0.05) is 12.1 Å². The molecule has 7 heteroatoms. The number of aromatic amines is 1. The third-order valence-corrected chi connectivity index (χ3v) is 4.03. The van der Waals surface area contributed by atoms with Gasteiger partial charge in [0.1, 0.15) is 5.82 Å². The van der Waals surface area contributed by atoms with Crippen molar-refractivity contribution < 1.29 is 8.42 Å². The van der Waals surface area contributed by atoms with Gasteiger partial charge in [-0.25, -0.2) is 13.5 Å². The Morgan fingerprint density at radius 1 is 1.47 bits per heavy atom. The van der Waals surface area contributed by atoms with E-state index in [1.807, 2.05) is 0 Å². The molecule has 0 radical (unpaired) electrons. The second-order valence-corrected chi connectivity index (χ2v) is 5.78. The minimum atomic E-state index is -2.89. The second-order valence-electron chi connectivity index (χ2n) is 3.55. The normalized spacial score (nSPS) is 23.9. The zero-order chi connectivity index (χ0) is 10.9. The summed E-state index contributed by atoms with van der Waals surface area (Å²) in [6, 6.07) is 2.77. The summed E-state index contributed by atoms with van der Waals surface area (Å²) in [7, 11) is -2.89. The summed E-state index contributed by atoms with van der Waals surface area (Å²) in [5.74, 6) is 0.846. The van der Waals surface area contributed by atoms with Crippen molar-refractivity contribution in [2.45, 2.75) is 12.5 Å². The molecule has 0 unspecified atom stereocenters. The molecule has 2 rings (SSSR count). The van der Waals surface area contributed by atoms with Crippen LogP contribution in [0, 0.1) is 0 Å². The lowest BCUT2D eigenvalue weighted by Crippen LogP contribution is -2.22. The van der Waals surface area contributed by atoms with Crippen molar-refractivity contribution in [1.29, 1.82) is 0 Å². The number of nitrogens with one attached hydrogen (secondary N) is 2. The van der Waals surface area contributed by atoms with E-state index >= 15 is 0 Å². The third-order valence-electron chi connectivity index (χ3n) is 2.26. The van der Waals surface area contributed by atoms with Crippen LogP contribution in [0.2, 0.25) is 0 Å². The van der Waals surface area contributed by atoms with Gasteiger partial charge in [0.25, 0.3) is 5.56 Å². The number of anilines is 1. The van der Waals surface area contributed by atoms with E-state index in [9.17, 15) is 13.2 Å². The minimum absolute atomic E-state index is 0.103. The third kappa shape index (κ3) is 2.56. The molecular weight excluding hydrogens is 218 g/mol. The van der Waals surface area contributed by atoms with E-state index in [2.05, 4.69) is 15.5 Å². The fourth-order valence-electron chi connectivity index (χ4n) is 1.54. The number of rotatable bonds is 2. The maximum Gasteiger partial charge on any atom is 0.264 e. The molecule has 0 amide bonds. The zero-order valence-corrected chi connectivity index (χ0v) is 8.75. The number of nitrogens with zero attached hydrogens (tertiary/aromatic N) is 1. The van der Waals surface area contributed by atoms with Crippen LogP contribution in [-0.4, -0.2) is 36.2 Å². The molecule has 1 aliphatic rings. The van der Waals surface area contributed by atoms with Crippen LogP contribution < -0.4 is 10.9 Å². The summed E-state index contributed by atoms with van der Waals surface area (Å²) in [6.07, 6.45) is 0.586. The molecule has 6 nitrogen and oxygen atoms in total. The van der Waals surface area contributed by atoms with E-state index in [1.54, 1.807) is 0 Å². The quantitative estimate of drug-likeness (QED) is 0.704. The fraction of sp³-hybridized carbons (Fsp3) is 0.500. The van der Waals surface area contributed by atoms with E-state index in [1.165, 1.54) is 12.1 Å². The highest BCUT2D eigenvalue weighted by atomic mass is 32.2. The first-order chi connectivity index (χ1) is 7.05. The summed E-state index contributed by atoms with van der Waals surface area (Å²) in [5.41, 5.74) is -0.278. The van der Waals surface area contributed by atoms with Crippen molar-refractivity contribution >= 4 is 15.7 Å². The molecule has 1 saturated heterocycles. The van der Waals surface area contributed by atoms with Gasteiger partial charge in [-0.2, -0.15) is 5.10 Å². The van der Waals surface area contributed by atoms with Crippen LogP contribution in [-0.2, 0) is 9.84 Å². The van der Waals surface area contributed by atoms with Crippen molar-refractivity contribution in [2.75, 3.05) is 16.8 Å². The Morgan fingerprint density at radius 2 is 2.27 bits per heavy atom. The number of sulfone groups is 1. The molecule has 0 saturated carbocycles. The average Bonchev–Trinajstić information content (AvgIpc) is 2.50. The van der Waals surface area contributed by atoms with Gasteiger partial charge in [-0.1, -0.05) is 0 Å². The summed E-state index contributed by atoms with van der Waals surface area (Å²) in [6.45, 7) is 0. The first-order valence-electron chi connectivity index (χ1n) is 4.58. The SMILES string of the molecule is O=c1ccc(N[C@@H]2CCS(=O)(=O)C2)n[nH]1.